The Hall–Kier alpha value is -0.170. The summed E-state index contributed by atoms with van der Waals surface area (Å²) in [6.45, 7) is 4.60. The van der Waals surface area contributed by atoms with Crippen LogP contribution in [0.3, 0.4) is 0 Å². The lowest BCUT2D eigenvalue weighted by Crippen LogP contribution is -2.56. The van der Waals surface area contributed by atoms with Crippen LogP contribution >= 0.6 is 0 Å². The van der Waals surface area contributed by atoms with Gasteiger partial charge in [-0.2, -0.15) is 17.4 Å². The molecule has 0 radical (unpaired) electrons. The lowest BCUT2D eigenvalue weighted by Gasteiger charge is -2.39. The van der Waals surface area contributed by atoms with Gasteiger partial charge in [0.25, 0.3) is 10.2 Å². The molecule has 0 unspecified atom stereocenters. The third-order valence-electron chi connectivity index (χ3n) is 4.12. The van der Waals surface area contributed by atoms with Crippen LogP contribution in [0.25, 0.3) is 0 Å². The summed E-state index contributed by atoms with van der Waals surface area (Å²) in [5.74, 6) is 0.613. The van der Waals surface area contributed by atoms with Gasteiger partial charge < -0.3 is 5.11 Å². The van der Waals surface area contributed by atoms with Gasteiger partial charge in [-0.1, -0.05) is 20.3 Å². The highest BCUT2D eigenvalue weighted by atomic mass is 32.2. The molecule has 0 aromatic heterocycles. The van der Waals surface area contributed by atoms with E-state index in [-0.39, 0.29) is 6.61 Å². The number of aliphatic hydroxyl groups excluding tert-OH is 1. The van der Waals surface area contributed by atoms with Gasteiger partial charge in [0.05, 0.1) is 12.1 Å². The normalized spacial score (nSPS) is 28.8. The van der Waals surface area contributed by atoms with Crippen LogP contribution in [0.4, 0.5) is 0 Å². The van der Waals surface area contributed by atoms with Crippen molar-refractivity contribution in [2.75, 3.05) is 20.2 Å². The first kappa shape index (κ1) is 16.9. The molecule has 0 aliphatic heterocycles. The van der Waals surface area contributed by atoms with Crippen molar-refractivity contribution in [1.29, 1.82) is 0 Å². The Morgan fingerprint density at radius 3 is 2.42 bits per heavy atom. The number of nitrogens with zero attached hydrogens (tertiary/aromatic N) is 1. The van der Waals surface area contributed by atoms with Gasteiger partial charge in [0.15, 0.2) is 0 Å². The highest BCUT2D eigenvalue weighted by molar-refractivity contribution is 7.87. The minimum Gasteiger partial charge on any atom is -0.394 e. The van der Waals surface area contributed by atoms with Crippen LogP contribution < -0.4 is 4.72 Å². The SMILES string of the molecule is CCCCN(C)S(=O)(=O)NC1(CO)CCC(C)CC1. The topological polar surface area (TPSA) is 69.6 Å². The maximum Gasteiger partial charge on any atom is 0.279 e. The fourth-order valence-corrected chi connectivity index (χ4v) is 3.80. The highest BCUT2D eigenvalue weighted by Crippen LogP contribution is 2.32. The largest absolute Gasteiger partial charge is 0.394 e. The average Bonchev–Trinajstić information content (AvgIpc) is 2.38. The standard InChI is InChI=1S/C13H28N2O3S/c1-4-5-10-15(3)19(17,18)14-13(11-16)8-6-12(2)7-9-13/h12,14,16H,4-11H2,1-3H3. The summed E-state index contributed by atoms with van der Waals surface area (Å²) >= 11 is 0. The molecule has 0 aromatic carbocycles. The number of hydrogen-bond donors (Lipinski definition) is 2. The van der Waals surface area contributed by atoms with Gasteiger partial charge in [0.2, 0.25) is 0 Å². The molecule has 0 heterocycles. The molecule has 0 bridgehead atoms. The lowest BCUT2D eigenvalue weighted by atomic mass is 9.78. The van der Waals surface area contributed by atoms with Crippen LogP contribution in [-0.2, 0) is 10.2 Å². The average molecular weight is 292 g/mol. The van der Waals surface area contributed by atoms with Crippen LogP contribution in [0.2, 0.25) is 0 Å². The predicted molar refractivity (Wildman–Crippen MR) is 77.0 cm³/mol. The summed E-state index contributed by atoms with van der Waals surface area (Å²) in [4.78, 5) is 0. The molecule has 6 heteroatoms. The van der Waals surface area contributed by atoms with E-state index in [0.717, 1.165) is 25.7 Å². The number of unbranched alkanes of at least 4 members (excludes halogenated alkanes) is 1. The van der Waals surface area contributed by atoms with Gasteiger partial charge in [-0.3, -0.25) is 0 Å². The van der Waals surface area contributed by atoms with E-state index in [2.05, 4.69) is 11.6 Å². The van der Waals surface area contributed by atoms with E-state index < -0.39 is 15.7 Å². The Morgan fingerprint density at radius 2 is 1.95 bits per heavy atom. The smallest absolute Gasteiger partial charge is 0.279 e. The van der Waals surface area contributed by atoms with Gasteiger partial charge in [0.1, 0.15) is 0 Å². The van der Waals surface area contributed by atoms with E-state index in [4.69, 9.17) is 0 Å². The van der Waals surface area contributed by atoms with Crippen molar-refractivity contribution in [3.63, 3.8) is 0 Å². The molecule has 0 atom stereocenters. The van der Waals surface area contributed by atoms with Gasteiger partial charge in [0, 0.05) is 13.6 Å². The summed E-state index contributed by atoms with van der Waals surface area (Å²) in [6, 6.07) is 0. The first-order chi connectivity index (χ1) is 8.85. The molecule has 114 valence electrons. The van der Waals surface area contributed by atoms with E-state index in [9.17, 15) is 13.5 Å². The van der Waals surface area contributed by atoms with E-state index in [1.54, 1.807) is 7.05 Å². The third-order valence-corrected chi connectivity index (χ3v) is 5.81. The first-order valence-electron chi connectivity index (χ1n) is 7.21. The molecule has 1 saturated carbocycles. The summed E-state index contributed by atoms with van der Waals surface area (Å²) in [7, 11) is -1.91. The van der Waals surface area contributed by atoms with Crippen molar-refractivity contribution < 1.29 is 13.5 Å². The van der Waals surface area contributed by atoms with E-state index in [0.29, 0.717) is 25.3 Å². The van der Waals surface area contributed by atoms with Gasteiger partial charge in [-0.05, 0) is 38.0 Å². The molecule has 5 nitrogen and oxygen atoms in total. The zero-order chi connectivity index (χ0) is 14.5. The Kier molecular flexibility index (Phi) is 6.23. The summed E-state index contributed by atoms with van der Waals surface area (Å²) in [5.41, 5.74) is -0.661. The van der Waals surface area contributed by atoms with E-state index in [1.807, 2.05) is 6.92 Å². The molecule has 1 fully saturated rings. The molecule has 1 rings (SSSR count). The van der Waals surface area contributed by atoms with Gasteiger partial charge in [-0.25, -0.2) is 0 Å². The molecular formula is C13H28N2O3S. The highest BCUT2D eigenvalue weighted by Gasteiger charge is 2.38. The summed E-state index contributed by atoms with van der Waals surface area (Å²) in [5, 5.41) is 9.60. The quantitative estimate of drug-likeness (QED) is 0.747. The second kappa shape index (κ2) is 7.02. The molecule has 19 heavy (non-hydrogen) atoms. The van der Waals surface area contributed by atoms with E-state index in [1.165, 1.54) is 4.31 Å². The third kappa shape index (κ3) is 4.70. The first-order valence-corrected chi connectivity index (χ1v) is 8.65. The lowest BCUT2D eigenvalue weighted by molar-refractivity contribution is 0.124. The molecule has 2 N–H and O–H groups in total. The maximum atomic E-state index is 12.3. The van der Waals surface area contributed by atoms with Crippen LogP contribution in [0.15, 0.2) is 0 Å². The second-order valence-electron chi connectivity index (χ2n) is 5.90. The zero-order valence-electron chi connectivity index (χ0n) is 12.4. The molecule has 0 aromatic rings. The number of nitrogens with one attached hydrogen (secondary N) is 1. The predicted octanol–water partition coefficient (Wildman–Crippen LogP) is 1.49. The fraction of sp³-hybridized carbons (Fsp3) is 1.00. The van der Waals surface area contributed by atoms with Crippen LogP contribution in [0.5, 0.6) is 0 Å². The van der Waals surface area contributed by atoms with Gasteiger partial charge in [-0.15, -0.1) is 0 Å². The molecular weight excluding hydrogens is 264 g/mol. The Balaban J connectivity index is 2.69. The second-order valence-corrected chi connectivity index (χ2v) is 7.68. The van der Waals surface area contributed by atoms with E-state index >= 15 is 0 Å². The maximum absolute atomic E-state index is 12.3. The zero-order valence-corrected chi connectivity index (χ0v) is 13.2. The number of aliphatic hydroxyl groups is 1. The Labute approximate surface area is 117 Å². The molecule has 0 saturated heterocycles. The van der Waals surface area contributed by atoms with Crippen LogP contribution in [0.1, 0.15) is 52.4 Å². The molecule has 0 spiro atoms. The number of hydrogen-bond acceptors (Lipinski definition) is 3. The fourth-order valence-electron chi connectivity index (χ4n) is 2.46. The van der Waals surface area contributed by atoms with Crippen molar-refractivity contribution in [2.45, 2.75) is 57.9 Å². The Morgan fingerprint density at radius 1 is 1.37 bits per heavy atom. The molecule has 0 amide bonds. The van der Waals surface area contributed by atoms with Gasteiger partial charge >= 0.3 is 0 Å². The summed E-state index contributed by atoms with van der Waals surface area (Å²) in [6.07, 6.45) is 5.16. The van der Waals surface area contributed by atoms with Crippen molar-refractivity contribution in [1.82, 2.24) is 9.03 Å². The number of rotatable bonds is 7. The van der Waals surface area contributed by atoms with Crippen LogP contribution in [0, 0.1) is 5.92 Å². The van der Waals surface area contributed by atoms with Crippen molar-refractivity contribution in [3.05, 3.63) is 0 Å². The van der Waals surface area contributed by atoms with Crippen molar-refractivity contribution in [2.24, 2.45) is 5.92 Å². The van der Waals surface area contributed by atoms with Crippen LogP contribution in [-0.4, -0.2) is 43.6 Å². The summed E-state index contributed by atoms with van der Waals surface area (Å²) < 4.78 is 28.6. The monoisotopic (exact) mass is 292 g/mol. The van der Waals surface area contributed by atoms with Crippen molar-refractivity contribution >= 4 is 10.2 Å². The minimum atomic E-state index is -3.50. The molecule has 1 aliphatic carbocycles. The van der Waals surface area contributed by atoms with Crippen molar-refractivity contribution in [3.8, 4) is 0 Å². The molecule has 1 aliphatic rings. The Bertz CT molecular complexity index is 362. The minimum absolute atomic E-state index is 0.124.